The van der Waals surface area contributed by atoms with E-state index >= 15 is 0 Å². The molecule has 39 heavy (non-hydrogen) atoms. The van der Waals surface area contributed by atoms with Gasteiger partial charge < -0.3 is 15.7 Å². The lowest BCUT2D eigenvalue weighted by Gasteiger charge is -2.07. The predicted octanol–water partition coefficient (Wildman–Crippen LogP) is -0.545. The van der Waals surface area contributed by atoms with Gasteiger partial charge in [0.15, 0.2) is 19.7 Å². The second-order valence-corrected chi connectivity index (χ2v) is 13.2. The third-order valence-corrected chi connectivity index (χ3v) is 7.00. The normalized spacial score (nSPS) is 11.7. The Morgan fingerprint density at radius 1 is 0.769 bits per heavy atom. The van der Waals surface area contributed by atoms with Crippen LogP contribution in [0.2, 0.25) is 0 Å². The van der Waals surface area contributed by atoms with Crippen LogP contribution in [-0.2, 0) is 31.4 Å². The number of nitrogen functional groups attached to an aromatic ring is 1. The number of hydrogen-bond acceptors (Lipinski definition) is 10. The highest BCUT2D eigenvalue weighted by molar-refractivity contribution is 7.89. The minimum Gasteiger partial charge on any atom is -0.398 e. The molecule has 2 heterocycles. The number of aryl methyl sites for hydroxylation is 2. The SMILES string of the molecule is Cc1cc2[nH]c(=O)n(CS(C)(=O)=O)c(=O)c2cc1C#N.Cc1cc2[nH]c(=O)n(CS(C)(=O)=O)c(=O)c2cc1N. The first-order valence-electron chi connectivity index (χ1n) is 11.0. The summed E-state index contributed by atoms with van der Waals surface area (Å²) in [6.07, 6.45) is 1.88. The molecular formula is C23H24N6O8S2. The third-order valence-electron chi connectivity index (χ3n) is 5.54. The molecule has 0 spiro atoms. The zero-order valence-electron chi connectivity index (χ0n) is 21.2. The minimum atomic E-state index is -3.54. The number of nitrogens with two attached hydrogens (primary N) is 1. The van der Waals surface area contributed by atoms with E-state index in [1.165, 1.54) is 18.2 Å². The first kappa shape index (κ1) is 29.1. The lowest BCUT2D eigenvalue weighted by atomic mass is 10.1. The molecule has 0 unspecified atom stereocenters. The number of rotatable bonds is 4. The van der Waals surface area contributed by atoms with Gasteiger partial charge in [0.25, 0.3) is 11.1 Å². The molecule has 2 aromatic carbocycles. The number of fused-ring (bicyclic) bond motifs is 2. The molecule has 16 heteroatoms. The van der Waals surface area contributed by atoms with Gasteiger partial charge in [0, 0.05) is 18.2 Å². The number of benzene rings is 2. The Balaban J connectivity index is 0.000000216. The third kappa shape index (κ3) is 6.51. The van der Waals surface area contributed by atoms with Crippen LogP contribution in [0.3, 0.4) is 0 Å². The van der Waals surface area contributed by atoms with E-state index in [2.05, 4.69) is 9.97 Å². The molecule has 0 fully saturated rings. The topological polar surface area (TPSA) is 228 Å². The van der Waals surface area contributed by atoms with Crippen molar-refractivity contribution in [3.63, 3.8) is 0 Å². The van der Waals surface area contributed by atoms with E-state index in [9.17, 15) is 36.0 Å². The number of nitrogens with one attached hydrogen (secondary N) is 2. The molecular weight excluding hydrogens is 552 g/mol. The predicted molar refractivity (Wildman–Crippen MR) is 146 cm³/mol. The summed E-state index contributed by atoms with van der Waals surface area (Å²) in [6, 6.07) is 7.82. The van der Waals surface area contributed by atoms with Gasteiger partial charge in [0.1, 0.15) is 11.8 Å². The number of hydrogen-bond donors (Lipinski definition) is 3. The molecule has 0 saturated heterocycles. The monoisotopic (exact) mass is 576 g/mol. The van der Waals surface area contributed by atoms with E-state index in [1.54, 1.807) is 19.9 Å². The Bertz CT molecular complexity index is 2150. The van der Waals surface area contributed by atoms with Gasteiger partial charge in [0.05, 0.1) is 33.4 Å². The number of H-pyrrole nitrogens is 2. The first-order chi connectivity index (χ1) is 17.9. The fourth-order valence-electron chi connectivity index (χ4n) is 3.66. The number of sulfone groups is 2. The molecule has 0 amide bonds. The Hall–Kier alpha value is -4.49. The number of nitriles is 1. The Labute approximate surface area is 220 Å². The van der Waals surface area contributed by atoms with Gasteiger partial charge in [0.2, 0.25) is 0 Å². The second-order valence-electron chi connectivity index (χ2n) is 9.02. The smallest absolute Gasteiger partial charge is 0.329 e. The molecule has 14 nitrogen and oxygen atoms in total. The van der Waals surface area contributed by atoms with E-state index in [0.29, 0.717) is 31.5 Å². The fourth-order valence-corrected chi connectivity index (χ4v) is 5.06. The molecule has 0 atom stereocenters. The standard InChI is InChI=1S/C12H11N3O4S.C11H13N3O4S/c1-7-3-10-9(4-8(7)5-13)11(16)15(12(17)14-10)6-20(2,18)19;1-6-3-9-7(4-8(6)12)10(15)14(11(16)13-9)5-19(2,17)18/h3-4H,6H2,1-2H3,(H,14,17);3-4H,5,12H2,1-2H3,(H,13,16). The highest BCUT2D eigenvalue weighted by Gasteiger charge is 2.15. The van der Waals surface area contributed by atoms with Crippen molar-refractivity contribution in [3.05, 3.63) is 82.6 Å². The molecule has 206 valence electrons. The summed E-state index contributed by atoms with van der Waals surface area (Å²) >= 11 is 0. The second kappa shape index (κ2) is 10.3. The summed E-state index contributed by atoms with van der Waals surface area (Å²) in [5.74, 6) is -1.36. The zero-order chi connectivity index (χ0) is 29.4. The minimum absolute atomic E-state index is 0.107. The van der Waals surface area contributed by atoms with Crippen molar-refractivity contribution in [3.8, 4) is 6.07 Å². The molecule has 0 aliphatic carbocycles. The van der Waals surface area contributed by atoms with Crippen LogP contribution in [0.5, 0.6) is 0 Å². The molecule has 0 saturated carbocycles. The van der Waals surface area contributed by atoms with Crippen LogP contribution in [0.4, 0.5) is 5.69 Å². The van der Waals surface area contributed by atoms with Gasteiger partial charge in [-0.25, -0.2) is 35.6 Å². The van der Waals surface area contributed by atoms with Gasteiger partial charge in [-0.15, -0.1) is 0 Å². The van der Waals surface area contributed by atoms with E-state index in [0.717, 1.165) is 18.1 Å². The van der Waals surface area contributed by atoms with Crippen LogP contribution in [-0.4, -0.2) is 48.4 Å². The summed E-state index contributed by atoms with van der Waals surface area (Å²) < 4.78 is 46.2. The van der Waals surface area contributed by atoms with Crippen molar-refractivity contribution in [2.75, 3.05) is 18.2 Å². The average molecular weight is 577 g/mol. The van der Waals surface area contributed by atoms with E-state index in [1.807, 2.05) is 6.07 Å². The van der Waals surface area contributed by atoms with Gasteiger partial charge in [-0.1, -0.05) is 0 Å². The average Bonchev–Trinajstić information content (AvgIpc) is 2.80. The molecule has 0 bridgehead atoms. The molecule has 4 rings (SSSR count). The zero-order valence-corrected chi connectivity index (χ0v) is 22.9. The maximum atomic E-state index is 12.2. The van der Waals surface area contributed by atoms with Crippen molar-refractivity contribution in [2.45, 2.75) is 25.6 Å². The van der Waals surface area contributed by atoms with E-state index in [-0.39, 0.29) is 16.3 Å². The van der Waals surface area contributed by atoms with E-state index in [4.69, 9.17) is 11.0 Å². The van der Waals surface area contributed by atoms with Crippen molar-refractivity contribution in [1.82, 2.24) is 19.1 Å². The van der Waals surface area contributed by atoms with Crippen LogP contribution in [0.25, 0.3) is 21.8 Å². The van der Waals surface area contributed by atoms with Crippen LogP contribution in [0, 0.1) is 25.2 Å². The van der Waals surface area contributed by atoms with Gasteiger partial charge in [-0.05, 0) is 49.2 Å². The quantitative estimate of drug-likeness (QED) is 0.263. The van der Waals surface area contributed by atoms with Crippen molar-refractivity contribution in [2.24, 2.45) is 0 Å². The lowest BCUT2D eigenvalue weighted by molar-refractivity contribution is 0.583. The van der Waals surface area contributed by atoms with Gasteiger partial charge in [-0.2, -0.15) is 5.26 Å². The fraction of sp³-hybridized carbons (Fsp3) is 0.261. The van der Waals surface area contributed by atoms with E-state index < -0.39 is 53.9 Å². The van der Waals surface area contributed by atoms with Gasteiger partial charge in [-0.3, -0.25) is 9.59 Å². The number of aromatic nitrogens is 4. The Morgan fingerprint density at radius 2 is 1.18 bits per heavy atom. The molecule has 4 N–H and O–H groups in total. The summed E-state index contributed by atoms with van der Waals surface area (Å²) in [5.41, 5.74) is 5.43. The number of nitrogens with zero attached hydrogens (tertiary/aromatic N) is 3. The molecule has 0 radical (unpaired) electrons. The molecule has 0 aliphatic rings. The summed E-state index contributed by atoms with van der Waals surface area (Å²) in [4.78, 5) is 52.7. The Kier molecular flexibility index (Phi) is 7.71. The van der Waals surface area contributed by atoms with Crippen molar-refractivity contribution >= 4 is 47.2 Å². The van der Waals surface area contributed by atoms with Crippen molar-refractivity contribution in [1.29, 1.82) is 5.26 Å². The highest BCUT2D eigenvalue weighted by Crippen LogP contribution is 2.16. The van der Waals surface area contributed by atoms with Crippen LogP contribution in [0.15, 0.2) is 43.4 Å². The van der Waals surface area contributed by atoms with Crippen LogP contribution < -0.4 is 28.2 Å². The summed E-state index contributed by atoms with van der Waals surface area (Å²) in [5, 5.41) is 9.25. The number of anilines is 1. The van der Waals surface area contributed by atoms with Gasteiger partial charge >= 0.3 is 11.4 Å². The maximum Gasteiger partial charge on any atom is 0.329 e. The highest BCUT2D eigenvalue weighted by atomic mass is 32.2. The number of aromatic amines is 2. The van der Waals surface area contributed by atoms with Crippen molar-refractivity contribution < 1.29 is 16.8 Å². The first-order valence-corrected chi connectivity index (χ1v) is 15.1. The molecule has 4 aromatic rings. The Morgan fingerprint density at radius 3 is 1.59 bits per heavy atom. The van der Waals surface area contributed by atoms with Crippen LogP contribution >= 0.6 is 0 Å². The maximum absolute atomic E-state index is 12.2. The van der Waals surface area contributed by atoms with Crippen LogP contribution in [0.1, 0.15) is 16.7 Å². The lowest BCUT2D eigenvalue weighted by Crippen LogP contribution is -2.37. The molecule has 0 aliphatic heterocycles. The largest absolute Gasteiger partial charge is 0.398 e. The summed E-state index contributed by atoms with van der Waals surface area (Å²) in [7, 11) is -7.03. The molecule has 2 aromatic heterocycles. The summed E-state index contributed by atoms with van der Waals surface area (Å²) in [6.45, 7) is 3.42.